The van der Waals surface area contributed by atoms with E-state index in [-0.39, 0.29) is 11.9 Å². The fraction of sp³-hybridized carbons (Fsp3) is 0.318. The summed E-state index contributed by atoms with van der Waals surface area (Å²) < 4.78 is 8.08. The van der Waals surface area contributed by atoms with E-state index in [9.17, 15) is 4.79 Å². The molecule has 154 valence electrons. The molecule has 8 heteroatoms. The van der Waals surface area contributed by atoms with Gasteiger partial charge in [0.05, 0.1) is 11.8 Å². The van der Waals surface area contributed by atoms with Gasteiger partial charge in [-0.2, -0.15) is 0 Å². The number of hydrogen-bond acceptors (Lipinski definition) is 6. The number of thioether (sulfide) groups is 1. The molecule has 1 fully saturated rings. The second-order valence-electron chi connectivity index (χ2n) is 7.52. The van der Waals surface area contributed by atoms with E-state index in [0.717, 1.165) is 47.0 Å². The number of thiophene rings is 1. The predicted octanol–water partition coefficient (Wildman–Crippen LogP) is 4.98. The lowest BCUT2D eigenvalue weighted by atomic mass is 10.2. The molecule has 1 saturated carbocycles. The van der Waals surface area contributed by atoms with Crippen molar-refractivity contribution in [3.8, 4) is 0 Å². The summed E-state index contributed by atoms with van der Waals surface area (Å²) in [4.78, 5) is 13.8. The van der Waals surface area contributed by atoms with E-state index < -0.39 is 0 Å². The van der Waals surface area contributed by atoms with Crippen LogP contribution < -0.4 is 5.32 Å². The van der Waals surface area contributed by atoms with Crippen LogP contribution in [-0.4, -0.2) is 26.4 Å². The number of nitrogens with one attached hydrogen (secondary N) is 1. The molecule has 0 bridgehead atoms. The fourth-order valence-corrected chi connectivity index (χ4v) is 5.03. The first kappa shape index (κ1) is 19.4. The second-order valence-corrected chi connectivity index (χ2v) is 9.50. The lowest BCUT2D eigenvalue weighted by Gasteiger charge is -2.12. The number of para-hydroxylation sites is 1. The number of nitrogens with zero attached hydrogens (tertiary/aromatic N) is 3. The molecule has 3 heterocycles. The van der Waals surface area contributed by atoms with Crippen LogP contribution in [0.4, 0.5) is 0 Å². The zero-order valence-electron chi connectivity index (χ0n) is 16.6. The van der Waals surface area contributed by atoms with Crippen molar-refractivity contribution < 1.29 is 9.21 Å². The molecular weight excluding hydrogens is 416 g/mol. The SMILES string of the molecule is C[C@H](NC(=O)CSc1nnc(Cc2cccs2)n1C1CC1)c1cc2ccccc2o1. The van der Waals surface area contributed by atoms with Gasteiger partial charge in [-0.3, -0.25) is 4.79 Å². The number of amides is 1. The number of carbonyl (C=O) groups excluding carboxylic acids is 1. The van der Waals surface area contributed by atoms with Crippen LogP contribution in [0.1, 0.15) is 48.3 Å². The number of carbonyl (C=O) groups is 1. The van der Waals surface area contributed by atoms with Crippen molar-refractivity contribution in [2.24, 2.45) is 0 Å². The van der Waals surface area contributed by atoms with Gasteiger partial charge in [-0.05, 0) is 43.3 Å². The Morgan fingerprint density at radius 2 is 2.17 bits per heavy atom. The van der Waals surface area contributed by atoms with Gasteiger partial charge in [0.1, 0.15) is 17.2 Å². The van der Waals surface area contributed by atoms with E-state index in [4.69, 9.17) is 4.42 Å². The molecule has 0 unspecified atom stereocenters. The van der Waals surface area contributed by atoms with Crippen LogP contribution >= 0.6 is 23.1 Å². The summed E-state index contributed by atoms with van der Waals surface area (Å²) in [6, 6.07) is 14.3. The van der Waals surface area contributed by atoms with E-state index in [2.05, 4.69) is 37.6 Å². The summed E-state index contributed by atoms with van der Waals surface area (Å²) in [5, 5.41) is 15.8. The zero-order valence-corrected chi connectivity index (χ0v) is 18.2. The Bertz CT molecular complexity index is 1130. The van der Waals surface area contributed by atoms with Crippen molar-refractivity contribution in [1.82, 2.24) is 20.1 Å². The lowest BCUT2D eigenvalue weighted by molar-refractivity contribution is -0.119. The number of aromatic nitrogens is 3. The molecule has 1 aromatic carbocycles. The first-order chi connectivity index (χ1) is 14.7. The predicted molar refractivity (Wildman–Crippen MR) is 119 cm³/mol. The van der Waals surface area contributed by atoms with Crippen molar-refractivity contribution in [3.05, 3.63) is 64.3 Å². The van der Waals surface area contributed by atoms with Crippen LogP contribution in [0.15, 0.2) is 57.4 Å². The van der Waals surface area contributed by atoms with Gasteiger partial charge in [-0.1, -0.05) is 36.0 Å². The minimum atomic E-state index is -0.193. The quantitative estimate of drug-likeness (QED) is 0.393. The molecule has 1 N–H and O–H groups in total. The van der Waals surface area contributed by atoms with E-state index in [1.54, 1.807) is 11.3 Å². The van der Waals surface area contributed by atoms with Gasteiger partial charge in [-0.15, -0.1) is 21.5 Å². The third-order valence-electron chi connectivity index (χ3n) is 5.14. The summed E-state index contributed by atoms with van der Waals surface area (Å²) in [5.41, 5.74) is 0.832. The van der Waals surface area contributed by atoms with Crippen molar-refractivity contribution in [1.29, 1.82) is 0 Å². The van der Waals surface area contributed by atoms with E-state index in [1.807, 2.05) is 37.3 Å². The molecule has 1 atom stereocenters. The maximum absolute atomic E-state index is 12.5. The Morgan fingerprint density at radius 1 is 1.30 bits per heavy atom. The Balaban J connectivity index is 1.22. The summed E-state index contributed by atoms with van der Waals surface area (Å²) >= 11 is 3.18. The Kier molecular flexibility index (Phi) is 5.35. The minimum absolute atomic E-state index is 0.0434. The summed E-state index contributed by atoms with van der Waals surface area (Å²) in [7, 11) is 0. The molecule has 4 aromatic rings. The molecule has 1 amide bonds. The second kappa shape index (κ2) is 8.28. The molecule has 1 aliphatic carbocycles. The maximum atomic E-state index is 12.5. The van der Waals surface area contributed by atoms with Crippen LogP contribution in [0, 0.1) is 0 Å². The highest BCUT2D eigenvalue weighted by molar-refractivity contribution is 7.99. The number of benzene rings is 1. The Labute approximate surface area is 182 Å². The standard InChI is InChI=1S/C22H22N4O2S2/c1-14(19-11-15-5-2-3-7-18(15)28-19)23-21(27)13-30-22-25-24-20(26(22)16-8-9-16)12-17-6-4-10-29-17/h2-7,10-11,14,16H,8-9,12-13H2,1H3,(H,23,27)/t14-/m0/s1. The minimum Gasteiger partial charge on any atom is -0.459 e. The highest BCUT2D eigenvalue weighted by Gasteiger charge is 2.30. The van der Waals surface area contributed by atoms with Gasteiger partial charge in [0.25, 0.3) is 0 Å². The normalized spacial score (nSPS) is 14.8. The highest BCUT2D eigenvalue weighted by atomic mass is 32.2. The van der Waals surface area contributed by atoms with Gasteiger partial charge in [0.15, 0.2) is 5.16 Å². The van der Waals surface area contributed by atoms with E-state index >= 15 is 0 Å². The number of furan rings is 1. The molecule has 0 radical (unpaired) electrons. The third-order valence-corrected chi connectivity index (χ3v) is 6.96. The van der Waals surface area contributed by atoms with Gasteiger partial charge in [0, 0.05) is 22.7 Å². The first-order valence-corrected chi connectivity index (χ1v) is 11.9. The summed E-state index contributed by atoms with van der Waals surface area (Å²) in [6.45, 7) is 1.94. The molecule has 5 rings (SSSR count). The monoisotopic (exact) mass is 438 g/mol. The molecule has 3 aromatic heterocycles. The average molecular weight is 439 g/mol. The van der Waals surface area contributed by atoms with Crippen molar-refractivity contribution >= 4 is 40.0 Å². The van der Waals surface area contributed by atoms with Crippen LogP contribution in [0.3, 0.4) is 0 Å². The van der Waals surface area contributed by atoms with Crippen molar-refractivity contribution in [2.45, 2.75) is 43.4 Å². The summed E-state index contributed by atoms with van der Waals surface area (Å²) in [5.74, 6) is 2.00. The van der Waals surface area contributed by atoms with Gasteiger partial charge < -0.3 is 14.3 Å². The van der Waals surface area contributed by atoms with Crippen LogP contribution in [0.25, 0.3) is 11.0 Å². The fourth-order valence-electron chi connectivity index (χ4n) is 3.50. The molecule has 0 aliphatic heterocycles. The Hall–Kier alpha value is -2.58. The van der Waals surface area contributed by atoms with Crippen molar-refractivity contribution in [3.63, 3.8) is 0 Å². The molecule has 0 spiro atoms. The molecule has 0 saturated heterocycles. The number of hydrogen-bond donors (Lipinski definition) is 1. The zero-order chi connectivity index (χ0) is 20.5. The number of rotatable bonds is 8. The first-order valence-electron chi connectivity index (χ1n) is 10.0. The maximum Gasteiger partial charge on any atom is 0.231 e. The Morgan fingerprint density at radius 3 is 2.93 bits per heavy atom. The molecular formula is C22H22N4O2S2. The highest BCUT2D eigenvalue weighted by Crippen LogP contribution is 2.39. The molecule has 1 aliphatic rings. The molecule has 30 heavy (non-hydrogen) atoms. The van der Waals surface area contributed by atoms with Gasteiger partial charge in [-0.25, -0.2) is 0 Å². The molecule has 6 nitrogen and oxygen atoms in total. The average Bonchev–Trinajstić information content (AvgIpc) is 3.15. The van der Waals surface area contributed by atoms with E-state index in [0.29, 0.717) is 11.8 Å². The van der Waals surface area contributed by atoms with Crippen LogP contribution in [0.2, 0.25) is 0 Å². The largest absolute Gasteiger partial charge is 0.459 e. The van der Waals surface area contributed by atoms with E-state index in [1.165, 1.54) is 16.6 Å². The third kappa shape index (κ3) is 4.15. The van der Waals surface area contributed by atoms with Crippen molar-refractivity contribution in [2.75, 3.05) is 5.75 Å². The van der Waals surface area contributed by atoms with Gasteiger partial charge in [0.2, 0.25) is 5.91 Å². The number of fused-ring (bicyclic) bond motifs is 1. The van der Waals surface area contributed by atoms with Crippen LogP contribution in [-0.2, 0) is 11.2 Å². The lowest BCUT2D eigenvalue weighted by Crippen LogP contribution is -2.28. The smallest absolute Gasteiger partial charge is 0.231 e. The topological polar surface area (TPSA) is 73.0 Å². The summed E-state index contributed by atoms with van der Waals surface area (Å²) in [6.07, 6.45) is 3.09. The van der Waals surface area contributed by atoms with Crippen LogP contribution in [0.5, 0.6) is 0 Å². The van der Waals surface area contributed by atoms with Gasteiger partial charge >= 0.3 is 0 Å².